The van der Waals surface area contributed by atoms with Crippen molar-refractivity contribution in [1.29, 1.82) is 0 Å². The number of carbonyl (C=O) groups is 1. The van der Waals surface area contributed by atoms with Crippen LogP contribution in [0.5, 0.6) is 5.75 Å². The Morgan fingerprint density at radius 3 is 2.59 bits per heavy atom. The Hall–Kier alpha value is -1.59. The molecule has 0 aromatic heterocycles. The van der Waals surface area contributed by atoms with Gasteiger partial charge in [0.2, 0.25) is 0 Å². The first-order valence-corrected chi connectivity index (χ1v) is 7.85. The van der Waals surface area contributed by atoms with Crippen molar-refractivity contribution in [2.24, 2.45) is 0 Å². The number of carbonyl (C=O) groups excluding carboxylic acids is 1. The molecule has 0 unspecified atom stereocenters. The zero-order chi connectivity index (χ0) is 16.1. The average molecular weight is 387 g/mol. The Balaban J connectivity index is 2.06. The lowest BCUT2D eigenvalue weighted by atomic mass is 10.2. The molecule has 0 aliphatic heterocycles. The summed E-state index contributed by atoms with van der Waals surface area (Å²) in [5, 5.41) is 3.12. The Morgan fingerprint density at radius 2 is 2.00 bits per heavy atom. The van der Waals surface area contributed by atoms with E-state index in [4.69, 9.17) is 16.3 Å². The molecule has 0 aliphatic carbocycles. The van der Waals surface area contributed by atoms with Crippen molar-refractivity contribution in [3.63, 3.8) is 0 Å². The van der Waals surface area contributed by atoms with E-state index in [-0.39, 0.29) is 5.69 Å². The molecule has 0 heterocycles. The highest BCUT2D eigenvalue weighted by atomic mass is 79.9. The normalized spacial score (nSPS) is 11.8. The van der Waals surface area contributed by atoms with Gasteiger partial charge in [0.25, 0.3) is 5.91 Å². The fourth-order valence-electron chi connectivity index (χ4n) is 1.80. The molecule has 0 fully saturated rings. The van der Waals surface area contributed by atoms with Crippen LogP contribution in [-0.2, 0) is 4.79 Å². The molecule has 3 nitrogen and oxygen atoms in total. The molecule has 0 radical (unpaired) electrons. The van der Waals surface area contributed by atoms with Crippen LogP contribution in [0.1, 0.15) is 13.3 Å². The SMILES string of the molecule is CC[C@@H](Oc1ccc(Cl)cc1)C(=O)Nc1ccc(Br)cc1F. The van der Waals surface area contributed by atoms with Crippen LogP contribution < -0.4 is 10.1 Å². The van der Waals surface area contributed by atoms with Crippen LogP contribution in [0.4, 0.5) is 10.1 Å². The van der Waals surface area contributed by atoms with Crippen molar-refractivity contribution in [3.8, 4) is 5.75 Å². The first-order chi connectivity index (χ1) is 10.5. The minimum atomic E-state index is -0.718. The average Bonchev–Trinajstić information content (AvgIpc) is 2.49. The highest BCUT2D eigenvalue weighted by Crippen LogP contribution is 2.21. The van der Waals surface area contributed by atoms with Crippen LogP contribution in [0.2, 0.25) is 5.02 Å². The van der Waals surface area contributed by atoms with E-state index >= 15 is 0 Å². The van der Waals surface area contributed by atoms with Crippen LogP contribution >= 0.6 is 27.5 Å². The van der Waals surface area contributed by atoms with Crippen molar-refractivity contribution in [1.82, 2.24) is 0 Å². The topological polar surface area (TPSA) is 38.3 Å². The minimum Gasteiger partial charge on any atom is -0.481 e. The molecule has 0 saturated heterocycles. The first-order valence-electron chi connectivity index (χ1n) is 6.67. The number of amides is 1. The summed E-state index contributed by atoms with van der Waals surface area (Å²) in [5.41, 5.74) is 0.117. The predicted octanol–water partition coefficient (Wildman–Crippen LogP) is 5.04. The Bertz CT molecular complexity index is 664. The number of anilines is 1. The van der Waals surface area contributed by atoms with Crippen LogP contribution in [0.3, 0.4) is 0 Å². The maximum atomic E-state index is 13.7. The second-order valence-corrected chi connectivity index (χ2v) is 5.93. The van der Waals surface area contributed by atoms with E-state index in [0.29, 0.717) is 21.7 Å². The quantitative estimate of drug-likeness (QED) is 0.782. The maximum absolute atomic E-state index is 13.7. The van der Waals surface area contributed by atoms with E-state index in [1.165, 1.54) is 12.1 Å². The van der Waals surface area contributed by atoms with E-state index in [1.807, 2.05) is 6.92 Å². The van der Waals surface area contributed by atoms with Crippen LogP contribution in [0, 0.1) is 5.82 Å². The van der Waals surface area contributed by atoms with Gasteiger partial charge in [0.15, 0.2) is 6.10 Å². The lowest BCUT2D eigenvalue weighted by molar-refractivity contribution is -0.122. The summed E-state index contributed by atoms with van der Waals surface area (Å²) in [4.78, 5) is 12.2. The van der Waals surface area contributed by atoms with E-state index in [0.717, 1.165) is 0 Å². The van der Waals surface area contributed by atoms with Gasteiger partial charge in [-0.3, -0.25) is 4.79 Å². The molecule has 116 valence electrons. The fraction of sp³-hybridized carbons (Fsp3) is 0.188. The number of hydrogen-bond donors (Lipinski definition) is 1. The molecule has 6 heteroatoms. The summed E-state index contributed by atoms with van der Waals surface area (Å²) in [6, 6.07) is 11.1. The van der Waals surface area contributed by atoms with E-state index in [2.05, 4.69) is 21.2 Å². The van der Waals surface area contributed by atoms with Gasteiger partial charge < -0.3 is 10.1 Å². The van der Waals surface area contributed by atoms with E-state index in [9.17, 15) is 9.18 Å². The van der Waals surface area contributed by atoms with Gasteiger partial charge in [-0.2, -0.15) is 0 Å². The largest absolute Gasteiger partial charge is 0.481 e. The summed E-state index contributed by atoms with van der Waals surface area (Å²) in [6.07, 6.45) is -0.267. The first kappa shape index (κ1) is 16.8. The molecule has 2 aromatic carbocycles. The van der Waals surface area contributed by atoms with Crippen molar-refractivity contribution in [2.75, 3.05) is 5.32 Å². The fourth-order valence-corrected chi connectivity index (χ4v) is 2.26. The predicted molar refractivity (Wildman–Crippen MR) is 88.9 cm³/mol. The van der Waals surface area contributed by atoms with Gasteiger partial charge in [-0.25, -0.2) is 4.39 Å². The monoisotopic (exact) mass is 385 g/mol. The number of benzene rings is 2. The molecule has 0 spiro atoms. The molecule has 22 heavy (non-hydrogen) atoms. The molecular formula is C16H14BrClFNO2. The number of hydrogen-bond acceptors (Lipinski definition) is 2. The number of halogens is 3. The smallest absolute Gasteiger partial charge is 0.265 e. The van der Waals surface area contributed by atoms with Gasteiger partial charge in [0.1, 0.15) is 11.6 Å². The zero-order valence-electron chi connectivity index (χ0n) is 11.8. The Labute approximate surface area is 141 Å². The van der Waals surface area contributed by atoms with E-state index < -0.39 is 17.8 Å². The van der Waals surface area contributed by atoms with Gasteiger partial charge >= 0.3 is 0 Å². The second-order valence-electron chi connectivity index (χ2n) is 4.58. The maximum Gasteiger partial charge on any atom is 0.265 e. The number of ether oxygens (including phenoxy) is 1. The molecule has 0 bridgehead atoms. The molecule has 0 aliphatic rings. The molecule has 2 aromatic rings. The third-order valence-electron chi connectivity index (χ3n) is 2.94. The molecule has 1 amide bonds. The lowest BCUT2D eigenvalue weighted by Crippen LogP contribution is -2.32. The summed E-state index contributed by atoms with van der Waals surface area (Å²) >= 11 is 8.97. The van der Waals surface area contributed by atoms with Crippen molar-refractivity contribution >= 4 is 39.1 Å². The van der Waals surface area contributed by atoms with Crippen molar-refractivity contribution < 1.29 is 13.9 Å². The minimum absolute atomic E-state index is 0.117. The summed E-state index contributed by atoms with van der Waals surface area (Å²) in [5.74, 6) is -0.384. The third-order valence-corrected chi connectivity index (χ3v) is 3.69. The van der Waals surface area contributed by atoms with Gasteiger partial charge in [-0.15, -0.1) is 0 Å². The van der Waals surface area contributed by atoms with Crippen LogP contribution in [-0.4, -0.2) is 12.0 Å². The molecule has 1 N–H and O–H groups in total. The van der Waals surface area contributed by atoms with Gasteiger partial charge in [0, 0.05) is 9.50 Å². The molecule has 2 rings (SSSR count). The van der Waals surface area contributed by atoms with Gasteiger partial charge in [0.05, 0.1) is 5.69 Å². The number of nitrogens with one attached hydrogen (secondary N) is 1. The van der Waals surface area contributed by atoms with Crippen LogP contribution in [0.25, 0.3) is 0 Å². The van der Waals surface area contributed by atoms with Gasteiger partial charge in [-0.05, 0) is 48.9 Å². The summed E-state index contributed by atoms with van der Waals surface area (Å²) in [6.45, 7) is 1.82. The molecule has 1 atom stereocenters. The summed E-state index contributed by atoms with van der Waals surface area (Å²) < 4.78 is 20.0. The van der Waals surface area contributed by atoms with Crippen LogP contribution in [0.15, 0.2) is 46.9 Å². The van der Waals surface area contributed by atoms with Gasteiger partial charge in [-0.1, -0.05) is 34.5 Å². The molecular weight excluding hydrogens is 373 g/mol. The highest BCUT2D eigenvalue weighted by molar-refractivity contribution is 9.10. The van der Waals surface area contributed by atoms with E-state index in [1.54, 1.807) is 30.3 Å². The second kappa shape index (κ2) is 7.61. The summed E-state index contributed by atoms with van der Waals surface area (Å²) in [7, 11) is 0. The Kier molecular flexibility index (Phi) is 5.80. The zero-order valence-corrected chi connectivity index (χ0v) is 14.1. The van der Waals surface area contributed by atoms with Crippen molar-refractivity contribution in [2.45, 2.75) is 19.4 Å². The van der Waals surface area contributed by atoms with Crippen molar-refractivity contribution in [3.05, 3.63) is 57.8 Å². The third kappa shape index (κ3) is 4.45. The molecule has 0 saturated carbocycles. The Morgan fingerprint density at radius 1 is 1.32 bits per heavy atom. The lowest BCUT2D eigenvalue weighted by Gasteiger charge is -2.17. The number of rotatable bonds is 5. The highest BCUT2D eigenvalue weighted by Gasteiger charge is 2.19. The standard InChI is InChI=1S/C16H14BrClFNO2/c1-2-15(22-12-6-4-11(18)5-7-12)16(21)20-14-8-3-10(17)9-13(14)19/h3-9,15H,2H2,1H3,(H,20,21)/t15-/m1/s1.